The lowest BCUT2D eigenvalue weighted by molar-refractivity contribution is 0.614. The van der Waals surface area contributed by atoms with Gasteiger partial charge < -0.3 is 4.42 Å². The maximum absolute atomic E-state index is 5.95. The van der Waals surface area contributed by atoms with Crippen molar-refractivity contribution in [3.8, 4) is 11.3 Å². The number of pyridine rings is 1. The maximum atomic E-state index is 5.95. The number of hydrogen-bond donors (Lipinski definition) is 0. The Morgan fingerprint density at radius 2 is 2.06 bits per heavy atom. The molecule has 3 rings (SSSR count). The topological polar surface area (TPSA) is 26.0 Å². The number of halogens is 1. The van der Waals surface area contributed by atoms with Gasteiger partial charge in [0.15, 0.2) is 5.58 Å². The Labute approximate surface area is 97.5 Å². The van der Waals surface area contributed by atoms with E-state index >= 15 is 0 Å². The van der Waals surface area contributed by atoms with Gasteiger partial charge in [0.05, 0.1) is 18.2 Å². The molecular weight excluding hydrogens is 222 g/mol. The van der Waals surface area contributed by atoms with E-state index in [1.165, 1.54) is 0 Å². The van der Waals surface area contributed by atoms with Crippen LogP contribution in [0, 0.1) is 0 Å². The van der Waals surface area contributed by atoms with Crippen LogP contribution in [-0.2, 0) is 0 Å². The van der Waals surface area contributed by atoms with Crippen LogP contribution in [0.25, 0.3) is 22.2 Å². The lowest BCUT2D eigenvalue weighted by Crippen LogP contribution is -1.82. The predicted molar refractivity (Wildman–Crippen MR) is 64.5 cm³/mol. The molecule has 0 atom stereocenters. The molecule has 1 aromatic carbocycles. The van der Waals surface area contributed by atoms with Crippen LogP contribution < -0.4 is 0 Å². The number of aromatic nitrogens is 1. The molecule has 0 amide bonds. The van der Waals surface area contributed by atoms with E-state index < -0.39 is 0 Å². The molecule has 78 valence electrons. The number of nitrogens with zero attached hydrogens (tertiary/aromatic N) is 1. The summed E-state index contributed by atoms with van der Waals surface area (Å²) >= 11 is 5.95. The van der Waals surface area contributed by atoms with Crippen LogP contribution in [0.15, 0.2) is 53.3 Å². The second-order valence-corrected chi connectivity index (χ2v) is 3.97. The molecule has 2 heterocycles. The standard InChI is InChI=1S/C13H8ClNO/c14-11-3-1-2-9(6-11)12-7-10-4-5-16-13(10)8-15-12/h1-8H. The Hall–Kier alpha value is -1.80. The van der Waals surface area contributed by atoms with Crippen molar-refractivity contribution in [1.82, 2.24) is 4.98 Å². The Morgan fingerprint density at radius 1 is 1.12 bits per heavy atom. The van der Waals surface area contributed by atoms with Crippen molar-refractivity contribution in [3.63, 3.8) is 0 Å². The van der Waals surface area contributed by atoms with Crippen LogP contribution in [0.1, 0.15) is 0 Å². The second-order valence-electron chi connectivity index (χ2n) is 3.54. The highest BCUT2D eigenvalue weighted by Gasteiger charge is 2.03. The second kappa shape index (κ2) is 3.65. The number of rotatable bonds is 1. The Balaban J connectivity index is 2.18. The first-order valence-electron chi connectivity index (χ1n) is 4.92. The molecule has 0 radical (unpaired) electrons. The van der Waals surface area contributed by atoms with Crippen LogP contribution >= 0.6 is 11.6 Å². The molecule has 0 unspecified atom stereocenters. The summed E-state index contributed by atoms with van der Waals surface area (Å²) in [6, 6.07) is 11.6. The van der Waals surface area contributed by atoms with Crippen molar-refractivity contribution in [3.05, 3.63) is 53.9 Å². The van der Waals surface area contributed by atoms with Gasteiger partial charge in [-0.1, -0.05) is 23.7 Å². The molecule has 0 fully saturated rings. The van der Waals surface area contributed by atoms with E-state index in [2.05, 4.69) is 4.98 Å². The molecule has 0 bridgehead atoms. The highest BCUT2D eigenvalue weighted by molar-refractivity contribution is 6.30. The molecule has 3 aromatic rings. The summed E-state index contributed by atoms with van der Waals surface area (Å²) in [5.41, 5.74) is 2.71. The first-order valence-corrected chi connectivity index (χ1v) is 5.30. The fourth-order valence-electron chi connectivity index (χ4n) is 1.67. The number of benzene rings is 1. The normalized spacial score (nSPS) is 10.8. The molecule has 0 saturated heterocycles. The molecule has 3 heteroatoms. The highest BCUT2D eigenvalue weighted by atomic mass is 35.5. The van der Waals surface area contributed by atoms with Gasteiger partial charge >= 0.3 is 0 Å². The fourth-order valence-corrected chi connectivity index (χ4v) is 1.86. The molecule has 0 spiro atoms. The van der Waals surface area contributed by atoms with Crippen LogP contribution in [0.4, 0.5) is 0 Å². The molecule has 2 nitrogen and oxygen atoms in total. The van der Waals surface area contributed by atoms with E-state index in [0.717, 1.165) is 22.2 Å². The molecule has 16 heavy (non-hydrogen) atoms. The summed E-state index contributed by atoms with van der Waals surface area (Å²) < 4.78 is 5.24. The minimum Gasteiger partial charge on any atom is -0.463 e. The van der Waals surface area contributed by atoms with Crippen LogP contribution in [0.3, 0.4) is 0 Å². The predicted octanol–water partition coefficient (Wildman–Crippen LogP) is 4.15. The van der Waals surface area contributed by atoms with Gasteiger partial charge in [-0.2, -0.15) is 0 Å². The molecule has 0 saturated carbocycles. The summed E-state index contributed by atoms with van der Waals surface area (Å²) in [4.78, 5) is 4.34. The van der Waals surface area contributed by atoms with E-state index in [9.17, 15) is 0 Å². The Morgan fingerprint density at radius 3 is 2.94 bits per heavy atom. The average molecular weight is 230 g/mol. The Bertz CT molecular complexity index is 645. The third kappa shape index (κ3) is 1.57. The zero-order chi connectivity index (χ0) is 11.0. The van der Waals surface area contributed by atoms with Gasteiger partial charge in [0.25, 0.3) is 0 Å². The summed E-state index contributed by atoms with van der Waals surface area (Å²) in [5, 5.41) is 1.76. The average Bonchev–Trinajstić information content (AvgIpc) is 2.75. The van der Waals surface area contributed by atoms with Gasteiger partial charge in [0.1, 0.15) is 0 Å². The van der Waals surface area contributed by atoms with E-state index in [0.29, 0.717) is 5.02 Å². The Kier molecular flexibility index (Phi) is 2.15. The third-order valence-corrected chi connectivity index (χ3v) is 2.70. The van der Waals surface area contributed by atoms with Gasteiger partial charge in [-0.3, -0.25) is 4.98 Å². The maximum Gasteiger partial charge on any atom is 0.152 e. The van der Waals surface area contributed by atoms with E-state index in [1.54, 1.807) is 12.5 Å². The van der Waals surface area contributed by atoms with Gasteiger partial charge in [-0.15, -0.1) is 0 Å². The first kappa shape index (κ1) is 9.43. The first-order chi connectivity index (χ1) is 7.83. The van der Waals surface area contributed by atoms with Gasteiger partial charge in [0, 0.05) is 16.0 Å². The van der Waals surface area contributed by atoms with Crippen molar-refractivity contribution in [2.24, 2.45) is 0 Å². The molecule has 0 N–H and O–H groups in total. The zero-order valence-electron chi connectivity index (χ0n) is 8.35. The van der Waals surface area contributed by atoms with Gasteiger partial charge in [0.2, 0.25) is 0 Å². The smallest absolute Gasteiger partial charge is 0.152 e. The minimum absolute atomic E-state index is 0.714. The summed E-state index contributed by atoms with van der Waals surface area (Å²) in [7, 11) is 0. The zero-order valence-corrected chi connectivity index (χ0v) is 9.11. The third-order valence-electron chi connectivity index (χ3n) is 2.46. The lowest BCUT2D eigenvalue weighted by atomic mass is 10.1. The molecule has 0 aliphatic rings. The van der Waals surface area contributed by atoms with Crippen molar-refractivity contribution < 1.29 is 4.42 Å². The molecular formula is C13H8ClNO. The van der Waals surface area contributed by atoms with Crippen LogP contribution in [-0.4, -0.2) is 4.98 Å². The van der Waals surface area contributed by atoms with E-state index in [1.807, 2.05) is 36.4 Å². The van der Waals surface area contributed by atoms with Crippen molar-refractivity contribution in [2.75, 3.05) is 0 Å². The largest absolute Gasteiger partial charge is 0.463 e. The number of fused-ring (bicyclic) bond motifs is 1. The van der Waals surface area contributed by atoms with Crippen LogP contribution in [0.2, 0.25) is 5.02 Å². The van der Waals surface area contributed by atoms with E-state index in [-0.39, 0.29) is 0 Å². The van der Waals surface area contributed by atoms with Gasteiger partial charge in [-0.05, 0) is 24.3 Å². The number of hydrogen-bond acceptors (Lipinski definition) is 2. The molecule has 0 aliphatic heterocycles. The minimum atomic E-state index is 0.714. The van der Waals surface area contributed by atoms with Crippen molar-refractivity contribution in [1.29, 1.82) is 0 Å². The summed E-state index contributed by atoms with van der Waals surface area (Å²) in [6.45, 7) is 0. The van der Waals surface area contributed by atoms with Crippen LogP contribution in [0.5, 0.6) is 0 Å². The summed E-state index contributed by atoms with van der Waals surface area (Å²) in [5.74, 6) is 0. The van der Waals surface area contributed by atoms with Crippen molar-refractivity contribution in [2.45, 2.75) is 0 Å². The molecule has 2 aromatic heterocycles. The number of furan rings is 1. The lowest BCUT2D eigenvalue weighted by Gasteiger charge is -2.00. The van der Waals surface area contributed by atoms with E-state index in [4.69, 9.17) is 16.0 Å². The fraction of sp³-hybridized carbons (Fsp3) is 0. The molecule has 0 aliphatic carbocycles. The highest BCUT2D eigenvalue weighted by Crippen LogP contribution is 2.24. The monoisotopic (exact) mass is 229 g/mol. The SMILES string of the molecule is Clc1cccc(-c2cc3ccoc3cn2)c1. The summed E-state index contributed by atoms with van der Waals surface area (Å²) in [6.07, 6.45) is 3.39. The quantitative estimate of drug-likeness (QED) is 0.627. The van der Waals surface area contributed by atoms with Crippen molar-refractivity contribution >= 4 is 22.6 Å². The van der Waals surface area contributed by atoms with Gasteiger partial charge in [-0.25, -0.2) is 0 Å².